The molecule has 2 aromatic carbocycles. The van der Waals surface area contributed by atoms with Crippen LogP contribution in [0.3, 0.4) is 0 Å². The number of urea groups is 1. The highest BCUT2D eigenvalue weighted by molar-refractivity contribution is 5.94. The Labute approximate surface area is 153 Å². The molecule has 9 heteroatoms. The molecule has 0 bridgehead atoms. The van der Waals surface area contributed by atoms with Crippen LogP contribution in [0.15, 0.2) is 54.6 Å². The summed E-state index contributed by atoms with van der Waals surface area (Å²) in [4.78, 5) is 24.2. The van der Waals surface area contributed by atoms with Crippen LogP contribution < -0.4 is 15.4 Å². The number of esters is 1. The lowest BCUT2D eigenvalue weighted by molar-refractivity contribution is -0.258. The number of para-hydroxylation sites is 1. The zero-order valence-corrected chi connectivity index (χ0v) is 14.5. The summed E-state index contributed by atoms with van der Waals surface area (Å²) in [6.07, 6.45) is -5.31. The first-order valence-corrected chi connectivity index (χ1v) is 7.73. The van der Waals surface area contributed by atoms with Gasteiger partial charge >= 0.3 is 23.9 Å². The largest absolute Gasteiger partial charge is 0.464 e. The van der Waals surface area contributed by atoms with Gasteiger partial charge in [0, 0.05) is 5.69 Å². The van der Waals surface area contributed by atoms with Crippen molar-refractivity contribution >= 4 is 17.7 Å². The highest BCUT2D eigenvalue weighted by Gasteiger charge is 2.66. The number of benzene rings is 2. The number of ether oxygens (including phenoxy) is 2. The first-order valence-electron chi connectivity index (χ1n) is 7.73. The molecule has 0 aromatic heterocycles. The average molecular weight is 382 g/mol. The second-order valence-electron chi connectivity index (χ2n) is 5.53. The van der Waals surface area contributed by atoms with Crippen molar-refractivity contribution in [3.63, 3.8) is 0 Å². The Bertz CT molecular complexity index is 795. The van der Waals surface area contributed by atoms with Crippen molar-refractivity contribution in [2.45, 2.75) is 18.8 Å². The summed E-state index contributed by atoms with van der Waals surface area (Å²) in [7, 11) is 0.761. The highest BCUT2D eigenvalue weighted by Crippen LogP contribution is 2.34. The second-order valence-corrected chi connectivity index (χ2v) is 5.53. The van der Waals surface area contributed by atoms with E-state index in [0.29, 0.717) is 0 Å². The topological polar surface area (TPSA) is 76.7 Å². The molecule has 6 nitrogen and oxygen atoms in total. The Morgan fingerprint density at radius 2 is 1.56 bits per heavy atom. The lowest BCUT2D eigenvalue weighted by Gasteiger charge is -2.33. The van der Waals surface area contributed by atoms with Crippen molar-refractivity contribution < 1.29 is 32.2 Å². The van der Waals surface area contributed by atoms with Crippen LogP contribution >= 0.6 is 0 Å². The number of hydrogen-bond acceptors (Lipinski definition) is 4. The molecule has 1 atom stereocenters. The normalized spacial score (nSPS) is 13.2. The van der Waals surface area contributed by atoms with Crippen molar-refractivity contribution in [3.8, 4) is 5.75 Å². The maximum absolute atomic E-state index is 13.8. The van der Waals surface area contributed by atoms with Crippen LogP contribution in [0.25, 0.3) is 0 Å². The predicted molar refractivity (Wildman–Crippen MR) is 91.2 cm³/mol. The van der Waals surface area contributed by atoms with Crippen LogP contribution in [0.4, 0.5) is 23.7 Å². The Kier molecular flexibility index (Phi) is 5.94. The third-order valence-corrected chi connectivity index (χ3v) is 3.49. The van der Waals surface area contributed by atoms with Gasteiger partial charge in [-0.2, -0.15) is 13.2 Å². The first-order chi connectivity index (χ1) is 12.7. The van der Waals surface area contributed by atoms with E-state index in [1.54, 1.807) is 23.5 Å². The zero-order chi connectivity index (χ0) is 20.1. The van der Waals surface area contributed by atoms with Crippen LogP contribution in [-0.2, 0) is 9.53 Å². The Morgan fingerprint density at radius 1 is 0.963 bits per heavy atom. The number of alkyl halides is 3. The minimum Gasteiger partial charge on any atom is -0.464 e. The molecule has 0 heterocycles. The summed E-state index contributed by atoms with van der Waals surface area (Å²) in [5, 5.41) is 3.78. The minimum absolute atomic E-state index is 0.235. The lowest BCUT2D eigenvalue weighted by Crippen LogP contribution is -2.68. The van der Waals surface area contributed by atoms with Crippen molar-refractivity contribution in [1.82, 2.24) is 5.32 Å². The quantitative estimate of drug-likeness (QED) is 0.612. The van der Waals surface area contributed by atoms with Crippen molar-refractivity contribution in [2.24, 2.45) is 0 Å². The van der Waals surface area contributed by atoms with E-state index >= 15 is 0 Å². The van der Waals surface area contributed by atoms with Crippen molar-refractivity contribution in [1.29, 1.82) is 0 Å². The molecular weight excluding hydrogens is 365 g/mol. The van der Waals surface area contributed by atoms with Gasteiger partial charge in [-0.1, -0.05) is 35.9 Å². The number of aryl methyl sites for hydroxylation is 1. The van der Waals surface area contributed by atoms with E-state index in [0.717, 1.165) is 12.7 Å². The SMILES string of the molecule is COC(=O)C(NC(=O)Nc1ccc(C)cc1)(Oc1ccccc1)C(F)(F)F. The fourth-order valence-corrected chi connectivity index (χ4v) is 2.13. The predicted octanol–water partition coefficient (Wildman–Crippen LogP) is 3.63. The molecule has 0 spiro atoms. The van der Waals surface area contributed by atoms with Crippen LogP contribution in [0.2, 0.25) is 0 Å². The highest BCUT2D eigenvalue weighted by atomic mass is 19.4. The smallest absolute Gasteiger partial charge is 0.460 e. The van der Waals surface area contributed by atoms with Crippen LogP contribution in [0, 0.1) is 6.92 Å². The van der Waals surface area contributed by atoms with Gasteiger partial charge in [-0.05, 0) is 31.2 Å². The molecule has 0 radical (unpaired) electrons. The van der Waals surface area contributed by atoms with E-state index in [4.69, 9.17) is 4.74 Å². The average Bonchev–Trinajstić information content (AvgIpc) is 2.62. The summed E-state index contributed by atoms with van der Waals surface area (Å²) in [6.45, 7) is 1.81. The van der Waals surface area contributed by atoms with Gasteiger partial charge in [-0.25, -0.2) is 9.59 Å². The molecule has 0 aliphatic carbocycles. The number of carbonyl (C=O) groups is 2. The molecule has 2 N–H and O–H groups in total. The van der Waals surface area contributed by atoms with E-state index in [2.05, 4.69) is 10.1 Å². The number of nitrogens with one attached hydrogen (secondary N) is 2. The summed E-state index contributed by atoms with van der Waals surface area (Å²) < 4.78 is 50.5. The van der Waals surface area contributed by atoms with Gasteiger partial charge in [0.05, 0.1) is 7.11 Å². The maximum Gasteiger partial charge on any atom is 0.460 e. The Balaban J connectivity index is 2.34. The van der Waals surface area contributed by atoms with E-state index < -0.39 is 23.9 Å². The molecule has 0 fully saturated rings. The minimum atomic E-state index is -5.31. The fourth-order valence-electron chi connectivity index (χ4n) is 2.13. The van der Waals surface area contributed by atoms with Gasteiger partial charge in [0.2, 0.25) is 0 Å². The van der Waals surface area contributed by atoms with Crippen molar-refractivity contribution in [2.75, 3.05) is 12.4 Å². The maximum atomic E-state index is 13.8. The molecule has 0 saturated carbocycles. The van der Waals surface area contributed by atoms with Gasteiger partial charge in [0.25, 0.3) is 0 Å². The van der Waals surface area contributed by atoms with Gasteiger partial charge < -0.3 is 14.8 Å². The lowest BCUT2D eigenvalue weighted by atomic mass is 10.2. The van der Waals surface area contributed by atoms with E-state index in [1.165, 1.54) is 36.4 Å². The van der Waals surface area contributed by atoms with Crippen LogP contribution in [-0.4, -0.2) is 31.0 Å². The number of amides is 2. The van der Waals surface area contributed by atoms with Gasteiger partial charge in [0.1, 0.15) is 5.75 Å². The monoisotopic (exact) mass is 382 g/mol. The third-order valence-electron chi connectivity index (χ3n) is 3.49. The summed E-state index contributed by atoms with van der Waals surface area (Å²) in [6, 6.07) is 11.8. The number of halogens is 3. The number of anilines is 1. The van der Waals surface area contributed by atoms with Gasteiger partial charge in [-0.3, -0.25) is 5.32 Å². The van der Waals surface area contributed by atoms with Crippen molar-refractivity contribution in [3.05, 3.63) is 60.2 Å². The summed E-state index contributed by atoms with van der Waals surface area (Å²) in [5.41, 5.74) is -2.59. The molecule has 0 saturated heterocycles. The van der Waals surface area contributed by atoms with E-state index in [1.807, 2.05) is 6.92 Å². The van der Waals surface area contributed by atoms with Crippen LogP contribution in [0.1, 0.15) is 5.56 Å². The molecule has 0 aliphatic heterocycles. The van der Waals surface area contributed by atoms with Gasteiger partial charge in [0.15, 0.2) is 0 Å². The summed E-state index contributed by atoms with van der Waals surface area (Å²) >= 11 is 0. The van der Waals surface area contributed by atoms with Crippen LogP contribution in [0.5, 0.6) is 5.75 Å². The number of rotatable bonds is 5. The third kappa shape index (κ3) is 4.69. The molecule has 2 rings (SSSR count). The zero-order valence-electron chi connectivity index (χ0n) is 14.5. The molecule has 1 unspecified atom stereocenters. The molecular formula is C18H17F3N2O4. The number of methoxy groups -OCH3 is 1. The van der Waals surface area contributed by atoms with E-state index in [-0.39, 0.29) is 11.4 Å². The Morgan fingerprint density at radius 3 is 2.07 bits per heavy atom. The molecule has 27 heavy (non-hydrogen) atoms. The molecule has 2 amide bonds. The molecule has 0 aliphatic rings. The first kappa shape index (κ1) is 20.1. The number of carbonyl (C=O) groups excluding carboxylic acids is 2. The van der Waals surface area contributed by atoms with E-state index in [9.17, 15) is 22.8 Å². The number of hydrogen-bond donors (Lipinski definition) is 2. The standard InChI is InChI=1S/C18H17F3N2O4/c1-12-8-10-13(11-9-12)22-16(25)23-17(15(24)26-2,18(19,20)21)27-14-6-4-3-5-7-14/h3-11H,1-2H3,(H2,22,23,25). The Hall–Kier alpha value is -3.23. The molecule has 2 aromatic rings. The van der Waals surface area contributed by atoms with Gasteiger partial charge in [-0.15, -0.1) is 0 Å². The summed E-state index contributed by atoms with van der Waals surface area (Å²) in [5.74, 6) is -2.10. The second kappa shape index (κ2) is 7.98. The molecule has 144 valence electrons. The fraction of sp³-hybridized carbons (Fsp3) is 0.222.